The molecule has 1 aromatic heterocycles. The highest BCUT2D eigenvalue weighted by Gasteiger charge is 2.20. The van der Waals surface area contributed by atoms with Crippen LogP contribution in [0.3, 0.4) is 0 Å². The lowest BCUT2D eigenvalue weighted by Gasteiger charge is -2.25. The van der Waals surface area contributed by atoms with Crippen LogP contribution in [0.5, 0.6) is 0 Å². The van der Waals surface area contributed by atoms with Crippen LogP contribution in [0.2, 0.25) is 0 Å². The standard InChI is InChI=1S/C20H26FN3O/c1-3-10-24-16(2)18(12-22-24)14-23(15-20-5-4-11-25-20)13-17-6-8-19(21)9-7-17/h3,6-9,12,20H,1,4-5,10-11,13-15H2,2H3/t20-/m0/s1. The maximum atomic E-state index is 13.2. The Morgan fingerprint density at radius 3 is 2.84 bits per heavy atom. The maximum Gasteiger partial charge on any atom is 0.123 e. The van der Waals surface area contributed by atoms with Crippen LogP contribution in [0.1, 0.15) is 29.7 Å². The average molecular weight is 343 g/mol. The van der Waals surface area contributed by atoms with E-state index in [1.807, 2.05) is 29.1 Å². The summed E-state index contributed by atoms with van der Waals surface area (Å²) in [6, 6.07) is 6.75. The molecule has 0 radical (unpaired) electrons. The van der Waals surface area contributed by atoms with Gasteiger partial charge >= 0.3 is 0 Å². The van der Waals surface area contributed by atoms with Crippen molar-refractivity contribution in [3.05, 3.63) is 65.8 Å². The summed E-state index contributed by atoms with van der Waals surface area (Å²) in [7, 11) is 0. The third-order valence-corrected chi connectivity index (χ3v) is 4.71. The van der Waals surface area contributed by atoms with Crippen molar-refractivity contribution in [1.29, 1.82) is 0 Å². The van der Waals surface area contributed by atoms with E-state index >= 15 is 0 Å². The predicted molar refractivity (Wildman–Crippen MR) is 96.6 cm³/mol. The van der Waals surface area contributed by atoms with Crippen LogP contribution in [-0.2, 0) is 24.4 Å². The van der Waals surface area contributed by atoms with Gasteiger partial charge in [-0.2, -0.15) is 5.10 Å². The van der Waals surface area contributed by atoms with E-state index in [2.05, 4.69) is 23.5 Å². The van der Waals surface area contributed by atoms with Gasteiger partial charge in [0.1, 0.15) is 5.82 Å². The highest BCUT2D eigenvalue weighted by atomic mass is 19.1. The molecule has 5 heteroatoms. The van der Waals surface area contributed by atoms with Crippen LogP contribution < -0.4 is 0 Å². The summed E-state index contributed by atoms with van der Waals surface area (Å²) in [5, 5.41) is 4.45. The summed E-state index contributed by atoms with van der Waals surface area (Å²) < 4.78 is 21.0. The molecule has 1 atom stereocenters. The minimum absolute atomic E-state index is 0.198. The Balaban J connectivity index is 1.73. The number of nitrogens with zero attached hydrogens (tertiary/aromatic N) is 3. The van der Waals surface area contributed by atoms with Gasteiger partial charge < -0.3 is 4.74 Å². The molecule has 1 fully saturated rings. The minimum Gasteiger partial charge on any atom is -0.377 e. The first kappa shape index (κ1) is 17.8. The van der Waals surface area contributed by atoms with Gasteiger partial charge in [-0.3, -0.25) is 9.58 Å². The number of halogens is 1. The zero-order valence-corrected chi connectivity index (χ0v) is 14.8. The van der Waals surface area contributed by atoms with Crippen molar-refractivity contribution in [2.75, 3.05) is 13.2 Å². The fourth-order valence-corrected chi connectivity index (χ4v) is 3.30. The highest BCUT2D eigenvalue weighted by Crippen LogP contribution is 2.19. The normalized spacial score (nSPS) is 17.3. The molecule has 1 saturated heterocycles. The molecule has 0 bridgehead atoms. The van der Waals surface area contributed by atoms with Gasteiger partial charge in [0, 0.05) is 37.5 Å². The largest absolute Gasteiger partial charge is 0.377 e. The van der Waals surface area contributed by atoms with Crippen molar-refractivity contribution >= 4 is 0 Å². The number of benzene rings is 1. The van der Waals surface area contributed by atoms with Crippen molar-refractivity contribution in [3.8, 4) is 0 Å². The third-order valence-electron chi connectivity index (χ3n) is 4.71. The summed E-state index contributed by atoms with van der Waals surface area (Å²) in [5.41, 5.74) is 3.48. The zero-order valence-electron chi connectivity index (χ0n) is 14.8. The first-order valence-corrected chi connectivity index (χ1v) is 8.86. The summed E-state index contributed by atoms with van der Waals surface area (Å²) >= 11 is 0. The van der Waals surface area contributed by atoms with Crippen LogP contribution in [-0.4, -0.2) is 33.9 Å². The van der Waals surface area contributed by atoms with E-state index in [1.165, 1.54) is 17.7 Å². The van der Waals surface area contributed by atoms with Gasteiger partial charge in [0.25, 0.3) is 0 Å². The fraction of sp³-hybridized carbons (Fsp3) is 0.450. The second-order valence-corrected chi connectivity index (χ2v) is 6.66. The molecule has 4 nitrogen and oxygen atoms in total. The summed E-state index contributed by atoms with van der Waals surface area (Å²) in [4.78, 5) is 2.37. The lowest BCUT2D eigenvalue weighted by molar-refractivity contribution is 0.0678. The molecule has 0 saturated carbocycles. The molecule has 1 aromatic carbocycles. The lowest BCUT2D eigenvalue weighted by atomic mass is 10.1. The fourth-order valence-electron chi connectivity index (χ4n) is 3.30. The highest BCUT2D eigenvalue weighted by molar-refractivity contribution is 5.19. The van der Waals surface area contributed by atoms with Gasteiger partial charge in [0.05, 0.1) is 18.8 Å². The van der Waals surface area contributed by atoms with Gasteiger partial charge in [-0.1, -0.05) is 18.2 Å². The third kappa shape index (κ3) is 4.77. The average Bonchev–Trinajstić information content (AvgIpc) is 3.22. The number of ether oxygens (including phenoxy) is 1. The van der Waals surface area contributed by atoms with Crippen LogP contribution >= 0.6 is 0 Å². The summed E-state index contributed by atoms with van der Waals surface area (Å²) in [5.74, 6) is -0.198. The van der Waals surface area contributed by atoms with Crippen molar-refractivity contribution < 1.29 is 9.13 Å². The maximum absolute atomic E-state index is 13.2. The summed E-state index contributed by atoms with van der Waals surface area (Å²) in [6.45, 7) is 9.90. The van der Waals surface area contributed by atoms with E-state index in [1.54, 1.807) is 0 Å². The Kier molecular flexibility index (Phi) is 6.00. The monoisotopic (exact) mass is 343 g/mol. The van der Waals surface area contributed by atoms with Gasteiger partial charge in [-0.15, -0.1) is 6.58 Å². The van der Waals surface area contributed by atoms with Gasteiger partial charge in [-0.05, 0) is 37.5 Å². The van der Waals surface area contributed by atoms with E-state index in [4.69, 9.17) is 4.74 Å². The van der Waals surface area contributed by atoms with Gasteiger partial charge in [0.15, 0.2) is 0 Å². The molecule has 1 aliphatic rings. The second-order valence-electron chi connectivity index (χ2n) is 6.66. The molecule has 0 unspecified atom stereocenters. The molecule has 2 aromatic rings. The molecule has 3 rings (SSSR count). The zero-order chi connectivity index (χ0) is 17.6. The molecular weight excluding hydrogens is 317 g/mol. The van der Waals surface area contributed by atoms with Crippen molar-refractivity contribution in [2.45, 2.75) is 45.5 Å². The topological polar surface area (TPSA) is 30.3 Å². The van der Waals surface area contributed by atoms with Crippen LogP contribution in [0.25, 0.3) is 0 Å². The number of allylic oxidation sites excluding steroid dienone is 1. The summed E-state index contributed by atoms with van der Waals surface area (Å²) in [6.07, 6.45) is 6.31. The molecule has 0 aliphatic carbocycles. The second kappa shape index (κ2) is 8.41. The van der Waals surface area contributed by atoms with E-state index < -0.39 is 0 Å². The lowest BCUT2D eigenvalue weighted by Crippen LogP contribution is -2.31. The Labute approximate surface area is 148 Å². The van der Waals surface area contributed by atoms with Crippen LogP contribution in [0.4, 0.5) is 4.39 Å². The minimum atomic E-state index is -0.198. The molecule has 2 heterocycles. The Bertz CT molecular complexity index is 689. The van der Waals surface area contributed by atoms with Crippen LogP contribution in [0, 0.1) is 12.7 Å². The number of rotatable bonds is 8. The molecule has 0 spiro atoms. The first-order chi connectivity index (χ1) is 12.2. The predicted octanol–water partition coefficient (Wildman–Crippen LogP) is 3.70. The number of hydrogen-bond donors (Lipinski definition) is 0. The quantitative estimate of drug-likeness (QED) is 0.685. The Morgan fingerprint density at radius 1 is 1.36 bits per heavy atom. The molecule has 0 N–H and O–H groups in total. The van der Waals surface area contributed by atoms with E-state index in [9.17, 15) is 4.39 Å². The van der Waals surface area contributed by atoms with E-state index in [0.717, 1.165) is 56.9 Å². The molecule has 134 valence electrons. The SMILES string of the molecule is C=CCn1ncc(CN(Cc2ccc(F)cc2)C[C@@H]2CCCO2)c1C. The Morgan fingerprint density at radius 2 is 2.16 bits per heavy atom. The van der Waals surface area contributed by atoms with Crippen molar-refractivity contribution in [3.63, 3.8) is 0 Å². The number of hydrogen-bond acceptors (Lipinski definition) is 3. The first-order valence-electron chi connectivity index (χ1n) is 8.86. The van der Waals surface area contributed by atoms with E-state index in [0.29, 0.717) is 0 Å². The molecule has 1 aliphatic heterocycles. The smallest absolute Gasteiger partial charge is 0.123 e. The van der Waals surface area contributed by atoms with Gasteiger partial charge in [-0.25, -0.2) is 4.39 Å². The molecule has 0 amide bonds. The Hall–Kier alpha value is -1.98. The molecule has 25 heavy (non-hydrogen) atoms. The van der Waals surface area contributed by atoms with Crippen molar-refractivity contribution in [1.82, 2.24) is 14.7 Å². The molecular formula is C20H26FN3O. The van der Waals surface area contributed by atoms with Crippen molar-refractivity contribution in [2.24, 2.45) is 0 Å². The van der Waals surface area contributed by atoms with Gasteiger partial charge in [0.2, 0.25) is 0 Å². The van der Waals surface area contributed by atoms with E-state index in [-0.39, 0.29) is 11.9 Å². The van der Waals surface area contributed by atoms with Crippen LogP contribution in [0.15, 0.2) is 43.1 Å². The number of aromatic nitrogens is 2.